The fraction of sp³-hybridized carbons (Fsp3) is 0.312. The topological polar surface area (TPSA) is 72.9 Å². The molecule has 0 atom stereocenters. The molecule has 6 nitrogen and oxygen atoms in total. The van der Waals surface area contributed by atoms with E-state index in [9.17, 15) is 14.4 Å². The first-order valence-corrected chi connectivity index (χ1v) is 7.83. The zero-order chi connectivity index (χ0) is 17.0. The van der Waals surface area contributed by atoms with E-state index in [1.807, 2.05) is 19.1 Å². The highest BCUT2D eigenvalue weighted by molar-refractivity contribution is 8.18. The summed E-state index contributed by atoms with van der Waals surface area (Å²) in [6.45, 7) is 3.41. The lowest BCUT2D eigenvalue weighted by molar-refractivity contribution is -0.145. The summed E-state index contributed by atoms with van der Waals surface area (Å²) in [5.74, 6) is -0.398. The van der Waals surface area contributed by atoms with E-state index in [2.05, 4.69) is 0 Å². The van der Waals surface area contributed by atoms with Gasteiger partial charge in [-0.25, -0.2) is 0 Å². The number of carbonyl (C=O) groups excluding carboxylic acids is 3. The second kappa shape index (κ2) is 7.32. The number of esters is 1. The highest BCUT2D eigenvalue weighted by Gasteiger charge is 2.36. The molecule has 1 aromatic rings. The van der Waals surface area contributed by atoms with E-state index in [1.54, 1.807) is 26.2 Å². The lowest BCUT2D eigenvalue weighted by Gasteiger charge is -2.10. The lowest BCUT2D eigenvalue weighted by atomic mass is 10.1. The average molecular weight is 335 g/mol. The number of methoxy groups -OCH3 is 1. The fourth-order valence-electron chi connectivity index (χ4n) is 2.05. The molecule has 0 radical (unpaired) electrons. The standard InChI is InChI=1S/C16H17NO5S/c1-4-22-14(18)9-17-15(19)13(23-16(17)20)8-11-6-5-10(2)12(7-11)21-3/h5-8H,4,9H2,1-3H3/b13-8-. The van der Waals surface area contributed by atoms with Crippen LogP contribution in [0.2, 0.25) is 0 Å². The molecule has 7 heteroatoms. The second-order valence-electron chi connectivity index (χ2n) is 4.80. The highest BCUT2D eigenvalue weighted by Crippen LogP contribution is 2.32. The highest BCUT2D eigenvalue weighted by atomic mass is 32.2. The number of rotatable bonds is 5. The van der Waals surface area contributed by atoms with Gasteiger partial charge < -0.3 is 9.47 Å². The Balaban J connectivity index is 2.20. The monoisotopic (exact) mass is 335 g/mol. The Kier molecular flexibility index (Phi) is 5.44. The molecule has 122 valence electrons. The molecule has 0 spiro atoms. The zero-order valence-corrected chi connectivity index (χ0v) is 13.9. The van der Waals surface area contributed by atoms with Crippen molar-refractivity contribution in [3.05, 3.63) is 34.2 Å². The van der Waals surface area contributed by atoms with Gasteiger partial charge in [-0.2, -0.15) is 0 Å². The number of imide groups is 1. The Hall–Kier alpha value is -2.28. The Bertz CT molecular complexity index is 683. The van der Waals surface area contributed by atoms with E-state index in [-0.39, 0.29) is 18.1 Å². The molecule has 1 aliphatic heterocycles. The van der Waals surface area contributed by atoms with Gasteiger partial charge in [-0.1, -0.05) is 12.1 Å². The maximum Gasteiger partial charge on any atom is 0.326 e. The van der Waals surface area contributed by atoms with E-state index in [0.29, 0.717) is 5.75 Å². The van der Waals surface area contributed by atoms with Gasteiger partial charge in [-0.15, -0.1) is 0 Å². The van der Waals surface area contributed by atoms with Crippen LogP contribution in [0.4, 0.5) is 4.79 Å². The molecule has 0 unspecified atom stereocenters. The van der Waals surface area contributed by atoms with Crippen LogP contribution in [-0.2, 0) is 14.3 Å². The van der Waals surface area contributed by atoms with Crippen molar-refractivity contribution in [2.45, 2.75) is 13.8 Å². The number of hydrogen-bond acceptors (Lipinski definition) is 6. The number of hydrogen-bond donors (Lipinski definition) is 0. The summed E-state index contributed by atoms with van der Waals surface area (Å²) in [5, 5.41) is -0.478. The molecule has 1 aliphatic rings. The van der Waals surface area contributed by atoms with Gasteiger partial charge in [0.1, 0.15) is 12.3 Å². The molecule has 0 aromatic heterocycles. The van der Waals surface area contributed by atoms with Crippen LogP contribution in [0.5, 0.6) is 5.75 Å². The van der Waals surface area contributed by atoms with Crippen molar-refractivity contribution in [3.63, 3.8) is 0 Å². The van der Waals surface area contributed by atoms with Gasteiger partial charge >= 0.3 is 5.97 Å². The van der Waals surface area contributed by atoms with E-state index < -0.39 is 17.1 Å². The normalized spacial score (nSPS) is 16.1. The Morgan fingerprint density at radius 1 is 1.35 bits per heavy atom. The minimum Gasteiger partial charge on any atom is -0.496 e. The van der Waals surface area contributed by atoms with Crippen LogP contribution in [0.1, 0.15) is 18.1 Å². The van der Waals surface area contributed by atoms with Crippen LogP contribution in [0.25, 0.3) is 6.08 Å². The smallest absolute Gasteiger partial charge is 0.326 e. The number of amides is 2. The molecular weight excluding hydrogens is 318 g/mol. The van der Waals surface area contributed by atoms with Crippen LogP contribution in [0.15, 0.2) is 23.1 Å². The number of aryl methyl sites for hydroxylation is 1. The first-order valence-electron chi connectivity index (χ1n) is 7.02. The molecule has 23 heavy (non-hydrogen) atoms. The van der Waals surface area contributed by atoms with Gasteiger partial charge in [0.25, 0.3) is 11.1 Å². The summed E-state index contributed by atoms with van der Waals surface area (Å²) in [6, 6.07) is 5.49. The average Bonchev–Trinajstić information content (AvgIpc) is 2.77. The maximum absolute atomic E-state index is 12.3. The van der Waals surface area contributed by atoms with Crippen molar-refractivity contribution in [1.82, 2.24) is 4.90 Å². The van der Waals surface area contributed by atoms with Gasteiger partial charge in [0, 0.05) is 0 Å². The summed E-state index contributed by atoms with van der Waals surface area (Å²) < 4.78 is 10.0. The number of ether oxygens (including phenoxy) is 2. The lowest BCUT2D eigenvalue weighted by Crippen LogP contribution is -2.34. The van der Waals surface area contributed by atoms with Gasteiger partial charge in [0.05, 0.1) is 18.6 Å². The molecule has 1 fully saturated rings. The molecule has 0 N–H and O–H groups in total. The fourth-order valence-corrected chi connectivity index (χ4v) is 2.89. The minimum atomic E-state index is -0.604. The molecule has 2 amide bonds. The third-order valence-corrected chi connectivity index (χ3v) is 4.10. The van der Waals surface area contributed by atoms with E-state index >= 15 is 0 Å². The van der Waals surface area contributed by atoms with Crippen molar-refractivity contribution in [3.8, 4) is 5.75 Å². The van der Waals surface area contributed by atoms with E-state index in [4.69, 9.17) is 9.47 Å². The van der Waals surface area contributed by atoms with Crippen molar-refractivity contribution in [1.29, 1.82) is 0 Å². The van der Waals surface area contributed by atoms with Gasteiger partial charge in [-0.05, 0) is 48.9 Å². The summed E-state index contributed by atoms with van der Waals surface area (Å²) >= 11 is 0.804. The molecule has 0 saturated carbocycles. The largest absolute Gasteiger partial charge is 0.496 e. The quantitative estimate of drug-likeness (QED) is 0.608. The first kappa shape index (κ1) is 17.1. The molecule has 0 bridgehead atoms. The Morgan fingerprint density at radius 3 is 2.74 bits per heavy atom. The predicted octanol–water partition coefficient (Wildman–Crippen LogP) is 2.60. The van der Waals surface area contributed by atoms with Crippen molar-refractivity contribution in [2.24, 2.45) is 0 Å². The zero-order valence-electron chi connectivity index (χ0n) is 13.1. The number of benzene rings is 1. The van der Waals surface area contributed by atoms with Crippen LogP contribution in [-0.4, -0.2) is 42.3 Å². The number of nitrogens with zero attached hydrogens (tertiary/aromatic N) is 1. The summed E-state index contributed by atoms with van der Waals surface area (Å²) in [5.41, 5.74) is 1.72. The Morgan fingerprint density at radius 2 is 2.09 bits per heavy atom. The summed E-state index contributed by atoms with van der Waals surface area (Å²) in [6.07, 6.45) is 1.61. The van der Waals surface area contributed by atoms with Crippen molar-refractivity contribution >= 4 is 35.0 Å². The minimum absolute atomic E-state index is 0.202. The molecule has 1 heterocycles. The third kappa shape index (κ3) is 3.92. The molecular formula is C16H17NO5S. The third-order valence-electron chi connectivity index (χ3n) is 3.20. The molecule has 1 saturated heterocycles. The van der Waals surface area contributed by atoms with Gasteiger partial charge in [0.2, 0.25) is 0 Å². The van der Waals surface area contributed by atoms with E-state index in [1.165, 1.54) is 0 Å². The Labute approximate surface area is 138 Å². The molecule has 0 aliphatic carbocycles. The predicted molar refractivity (Wildman–Crippen MR) is 87.0 cm³/mol. The maximum atomic E-state index is 12.3. The summed E-state index contributed by atoms with van der Waals surface area (Å²) in [7, 11) is 1.57. The van der Waals surface area contributed by atoms with Crippen LogP contribution in [0, 0.1) is 6.92 Å². The van der Waals surface area contributed by atoms with Crippen molar-refractivity contribution in [2.75, 3.05) is 20.3 Å². The molecule has 2 rings (SSSR count). The van der Waals surface area contributed by atoms with Crippen molar-refractivity contribution < 1.29 is 23.9 Å². The van der Waals surface area contributed by atoms with Crippen LogP contribution >= 0.6 is 11.8 Å². The van der Waals surface area contributed by atoms with Crippen LogP contribution < -0.4 is 4.74 Å². The number of carbonyl (C=O) groups is 3. The molecule has 1 aromatic carbocycles. The first-order chi connectivity index (χ1) is 11.0. The SMILES string of the molecule is CCOC(=O)CN1C(=O)S/C(=C\c2ccc(C)c(OC)c2)C1=O. The van der Waals surface area contributed by atoms with Gasteiger partial charge in [0.15, 0.2) is 0 Å². The second-order valence-corrected chi connectivity index (χ2v) is 5.80. The summed E-state index contributed by atoms with van der Waals surface area (Å²) in [4.78, 5) is 36.8. The van der Waals surface area contributed by atoms with Gasteiger partial charge in [-0.3, -0.25) is 19.3 Å². The van der Waals surface area contributed by atoms with Crippen LogP contribution in [0.3, 0.4) is 0 Å². The van der Waals surface area contributed by atoms with E-state index in [0.717, 1.165) is 27.8 Å². The number of thioether (sulfide) groups is 1.